The van der Waals surface area contributed by atoms with Crippen molar-refractivity contribution < 1.29 is 17.9 Å². The van der Waals surface area contributed by atoms with Crippen LogP contribution in [0.15, 0.2) is 47.6 Å². The smallest absolute Gasteiger partial charge is 0.262 e. The van der Waals surface area contributed by atoms with E-state index in [1.54, 1.807) is 25.1 Å². The van der Waals surface area contributed by atoms with Gasteiger partial charge in [-0.05, 0) is 25.0 Å². The number of ether oxygens (including phenoxy) is 1. The molecule has 1 heterocycles. The Bertz CT molecular complexity index is 884. The van der Waals surface area contributed by atoms with Crippen molar-refractivity contribution in [3.63, 3.8) is 0 Å². The van der Waals surface area contributed by atoms with Crippen LogP contribution in [0.2, 0.25) is 0 Å². The summed E-state index contributed by atoms with van der Waals surface area (Å²) < 4.78 is 33.7. The average Bonchev–Trinajstić information content (AvgIpc) is 2.67. The molecule has 0 aliphatic rings. The third-order valence-electron chi connectivity index (χ3n) is 4.05. The number of rotatable bonds is 9. The van der Waals surface area contributed by atoms with Crippen molar-refractivity contribution >= 4 is 21.6 Å². The van der Waals surface area contributed by atoms with Gasteiger partial charge in [0.2, 0.25) is 0 Å². The van der Waals surface area contributed by atoms with Crippen LogP contribution in [0.5, 0.6) is 5.75 Å². The molecule has 0 radical (unpaired) electrons. The molecule has 8 heteroatoms. The molecule has 146 valence electrons. The number of sulfonamides is 1. The van der Waals surface area contributed by atoms with Gasteiger partial charge in [-0.1, -0.05) is 32.4 Å². The maximum atomic E-state index is 12.9. The first-order valence-corrected chi connectivity index (χ1v) is 10.3. The van der Waals surface area contributed by atoms with E-state index in [9.17, 15) is 13.2 Å². The van der Waals surface area contributed by atoms with Gasteiger partial charge in [0.15, 0.2) is 0 Å². The molecule has 27 heavy (non-hydrogen) atoms. The van der Waals surface area contributed by atoms with E-state index in [1.807, 2.05) is 13.8 Å². The summed E-state index contributed by atoms with van der Waals surface area (Å²) in [7, 11) is -4.00. The van der Waals surface area contributed by atoms with Crippen LogP contribution in [-0.2, 0) is 10.0 Å². The number of carbonyl (C=O) groups is 1. The Morgan fingerprint density at radius 3 is 2.67 bits per heavy atom. The molecule has 1 aromatic heterocycles. The van der Waals surface area contributed by atoms with Crippen molar-refractivity contribution in [3.05, 3.63) is 48.3 Å². The topological polar surface area (TPSA) is 97.4 Å². The number of amides is 1. The molecule has 1 amide bonds. The summed E-state index contributed by atoms with van der Waals surface area (Å²) in [6, 6.07) is 7.68. The van der Waals surface area contributed by atoms with Gasteiger partial charge in [-0.3, -0.25) is 14.5 Å². The minimum absolute atomic E-state index is 0.0927. The van der Waals surface area contributed by atoms with Crippen LogP contribution in [0.1, 0.15) is 37.6 Å². The lowest BCUT2D eigenvalue weighted by molar-refractivity contribution is 0.0944. The fourth-order valence-corrected chi connectivity index (χ4v) is 3.60. The lowest BCUT2D eigenvalue weighted by atomic mass is 10.1. The van der Waals surface area contributed by atoms with E-state index in [1.165, 1.54) is 24.5 Å². The Balaban J connectivity index is 2.31. The minimum atomic E-state index is -4.00. The summed E-state index contributed by atoms with van der Waals surface area (Å²) in [6.45, 7) is 6.71. The van der Waals surface area contributed by atoms with Gasteiger partial charge in [0.25, 0.3) is 15.9 Å². The second-order valence-corrected chi connectivity index (χ2v) is 7.78. The highest BCUT2D eigenvalue weighted by Gasteiger charge is 2.23. The quantitative estimate of drug-likeness (QED) is 0.685. The standard InChI is InChI=1S/C19H25N3O4S/c1-4-14(3)12-21-19(23)15-8-6-7-9-18(15)27(24,25)22-16-13-20-11-10-17(16)26-5-2/h6-11,13-14,22H,4-5,12H2,1-3H3,(H,21,23). The number of aromatic nitrogens is 1. The summed E-state index contributed by atoms with van der Waals surface area (Å²) in [4.78, 5) is 16.3. The van der Waals surface area contributed by atoms with Gasteiger partial charge in [-0.15, -0.1) is 0 Å². The van der Waals surface area contributed by atoms with Crippen LogP contribution in [0.25, 0.3) is 0 Å². The van der Waals surface area contributed by atoms with Gasteiger partial charge in [0.1, 0.15) is 16.3 Å². The molecular weight excluding hydrogens is 366 g/mol. The number of carbonyl (C=O) groups excluding carboxylic acids is 1. The van der Waals surface area contributed by atoms with Crippen LogP contribution in [-0.4, -0.2) is 32.5 Å². The molecule has 0 spiro atoms. The number of nitrogens with one attached hydrogen (secondary N) is 2. The predicted octanol–water partition coefficient (Wildman–Crippen LogP) is 3.06. The highest BCUT2D eigenvalue weighted by Crippen LogP contribution is 2.26. The van der Waals surface area contributed by atoms with E-state index in [0.717, 1.165) is 6.42 Å². The highest BCUT2D eigenvalue weighted by atomic mass is 32.2. The highest BCUT2D eigenvalue weighted by molar-refractivity contribution is 7.92. The van der Waals surface area contributed by atoms with E-state index < -0.39 is 15.9 Å². The molecule has 0 fully saturated rings. The molecular formula is C19H25N3O4S. The largest absolute Gasteiger partial charge is 0.492 e. The number of hydrogen-bond acceptors (Lipinski definition) is 5. The Morgan fingerprint density at radius 2 is 1.96 bits per heavy atom. The van der Waals surface area contributed by atoms with Crippen LogP contribution in [0, 0.1) is 5.92 Å². The molecule has 7 nitrogen and oxygen atoms in total. The van der Waals surface area contributed by atoms with Gasteiger partial charge in [-0.2, -0.15) is 0 Å². The Morgan fingerprint density at radius 1 is 1.22 bits per heavy atom. The maximum absolute atomic E-state index is 12.9. The van der Waals surface area contributed by atoms with Gasteiger partial charge in [-0.25, -0.2) is 8.42 Å². The molecule has 1 aromatic carbocycles. The van der Waals surface area contributed by atoms with Gasteiger partial charge < -0.3 is 10.1 Å². The molecule has 2 rings (SSSR count). The molecule has 1 atom stereocenters. The van der Waals surface area contributed by atoms with E-state index >= 15 is 0 Å². The van der Waals surface area contributed by atoms with Crippen LogP contribution < -0.4 is 14.8 Å². The van der Waals surface area contributed by atoms with E-state index in [4.69, 9.17) is 4.74 Å². The maximum Gasteiger partial charge on any atom is 0.262 e. The number of hydrogen-bond donors (Lipinski definition) is 2. The van der Waals surface area contributed by atoms with Crippen LogP contribution >= 0.6 is 0 Å². The van der Waals surface area contributed by atoms with Crippen molar-refractivity contribution in [3.8, 4) is 5.75 Å². The van der Waals surface area contributed by atoms with Crippen LogP contribution in [0.3, 0.4) is 0 Å². The normalized spacial score (nSPS) is 12.3. The third-order valence-corrected chi connectivity index (χ3v) is 5.48. The average molecular weight is 391 g/mol. The van der Waals surface area contributed by atoms with Crippen molar-refractivity contribution in [1.29, 1.82) is 0 Å². The van der Waals surface area contributed by atoms with Crippen molar-refractivity contribution in [2.45, 2.75) is 32.1 Å². The molecule has 0 bridgehead atoms. The lowest BCUT2D eigenvalue weighted by Gasteiger charge is -2.15. The Kier molecular flexibility index (Phi) is 7.18. The summed E-state index contributed by atoms with van der Waals surface area (Å²) >= 11 is 0. The summed E-state index contributed by atoms with van der Waals surface area (Å²) in [5, 5.41) is 2.79. The molecule has 0 aliphatic carbocycles. The van der Waals surface area contributed by atoms with Gasteiger partial charge in [0, 0.05) is 18.8 Å². The van der Waals surface area contributed by atoms with Gasteiger partial charge >= 0.3 is 0 Å². The first-order valence-electron chi connectivity index (χ1n) is 8.85. The monoisotopic (exact) mass is 391 g/mol. The van der Waals surface area contributed by atoms with Gasteiger partial charge in [0.05, 0.1) is 18.4 Å². The zero-order valence-corrected chi connectivity index (χ0v) is 16.5. The first-order chi connectivity index (χ1) is 12.9. The molecule has 0 aliphatic heterocycles. The molecule has 0 saturated carbocycles. The summed E-state index contributed by atoms with van der Waals surface area (Å²) in [5.74, 6) is 0.252. The van der Waals surface area contributed by atoms with Crippen molar-refractivity contribution in [2.75, 3.05) is 17.9 Å². The number of benzene rings is 1. The molecule has 1 unspecified atom stereocenters. The number of pyridine rings is 1. The molecule has 2 N–H and O–H groups in total. The van der Waals surface area contributed by atoms with E-state index in [2.05, 4.69) is 15.0 Å². The van der Waals surface area contributed by atoms with E-state index in [0.29, 0.717) is 24.8 Å². The fourth-order valence-electron chi connectivity index (χ4n) is 2.33. The summed E-state index contributed by atoms with van der Waals surface area (Å²) in [6.07, 6.45) is 3.80. The Hall–Kier alpha value is -2.61. The number of nitrogens with zero attached hydrogens (tertiary/aromatic N) is 1. The zero-order valence-electron chi connectivity index (χ0n) is 15.7. The molecule has 2 aromatic rings. The predicted molar refractivity (Wildman–Crippen MR) is 104 cm³/mol. The molecule has 0 saturated heterocycles. The second-order valence-electron chi connectivity index (χ2n) is 6.13. The SMILES string of the molecule is CCOc1ccncc1NS(=O)(=O)c1ccccc1C(=O)NCC(C)CC. The zero-order chi connectivity index (χ0) is 19.9. The Labute approximate surface area is 160 Å². The summed E-state index contributed by atoms with van der Waals surface area (Å²) in [5.41, 5.74) is 0.310. The first kappa shape index (κ1) is 20.7. The number of anilines is 1. The minimum Gasteiger partial charge on any atom is -0.492 e. The lowest BCUT2D eigenvalue weighted by Crippen LogP contribution is -2.30. The third kappa shape index (κ3) is 5.43. The van der Waals surface area contributed by atoms with Crippen molar-refractivity contribution in [2.24, 2.45) is 5.92 Å². The van der Waals surface area contributed by atoms with Crippen molar-refractivity contribution in [1.82, 2.24) is 10.3 Å². The van der Waals surface area contributed by atoms with E-state index in [-0.39, 0.29) is 16.1 Å². The fraction of sp³-hybridized carbons (Fsp3) is 0.368. The second kappa shape index (κ2) is 9.36. The van der Waals surface area contributed by atoms with Crippen LogP contribution in [0.4, 0.5) is 5.69 Å².